The molecule has 102 valence electrons. The maximum atomic E-state index is 12.0. The average molecular weight is 269 g/mol. The number of hydrogen-bond donors (Lipinski definition) is 0. The molecule has 1 fully saturated rings. The highest BCUT2D eigenvalue weighted by molar-refractivity contribution is 5.89. The number of para-hydroxylation sites is 2. The van der Waals surface area contributed by atoms with Gasteiger partial charge in [-0.1, -0.05) is 36.4 Å². The minimum atomic E-state index is -0.327. The fourth-order valence-electron chi connectivity index (χ4n) is 2.38. The molecule has 1 aliphatic rings. The fourth-order valence-corrected chi connectivity index (χ4v) is 2.38. The van der Waals surface area contributed by atoms with Gasteiger partial charge in [-0.2, -0.15) is 0 Å². The summed E-state index contributed by atoms with van der Waals surface area (Å²) in [6, 6.07) is 17.1. The second kappa shape index (κ2) is 5.25. The molecule has 20 heavy (non-hydrogen) atoms. The summed E-state index contributed by atoms with van der Waals surface area (Å²) in [5.74, 6) is 0.736. The van der Waals surface area contributed by atoms with Gasteiger partial charge in [-0.15, -0.1) is 0 Å². The Morgan fingerprint density at radius 3 is 2.55 bits per heavy atom. The van der Waals surface area contributed by atoms with Crippen LogP contribution in [0.1, 0.15) is 11.7 Å². The third-order valence-corrected chi connectivity index (χ3v) is 3.37. The summed E-state index contributed by atoms with van der Waals surface area (Å²) >= 11 is 0. The van der Waals surface area contributed by atoms with Crippen molar-refractivity contribution in [2.75, 3.05) is 18.6 Å². The fraction of sp³-hybridized carbons (Fsp3) is 0.188. The first-order chi connectivity index (χ1) is 9.79. The Morgan fingerprint density at radius 1 is 1.10 bits per heavy atom. The molecule has 0 saturated carbocycles. The molecule has 0 aliphatic carbocycles. The highest BCUT2D eigenvalue weighted by Crippen LogP contribution is 2.34. The molecular weight excluding hydrogens is 254 g/mol. The summed E-state index contributed by atoms with van der Waals surface area (Å²) in [6.07, 6.45) is -0.633. The Morgan fingerprint density at radius 2 is 1.80 bits per heavy atom. The number of benzene rings is 2. The highest BCUT2D eigenvalue weighted by atomic mass is 16.6. The van der Waals surface area contributed by atoms with Crippen LogP contribution in [0.2, 0.25) is 0 Å². The van der Waals surface area contributed by atoms with E-state index in [1.807, 2.05) is 54.6 Å². The average Bonchev–Trinajstić information content (AvgIpc) is 2.90. The quantitative estimate of drug-likeness (QED) is 0.857. The lowest BCUT2D eigenvalue weighted by molar-refractivity contribution is 0.140. The molecule has 3 rings (SSSR count). The van der Waals surface area contributed by atoms with Crippen molar-refractivity contribution in [1.29, 1.82) is 0 Å². The van der Waals surface area contributed by atoms with Gasteiger partial charge in [-0.3, -0.25) is 4.90 Å². The van der Waals surface area contributed by atoms with Gasteiger partial charge in [0.05, 0.1) is 13.7 Å². The van der Waals surface area contributed by atoms with E-state index in [2.05, 4.69) is 0 Å². The van der Waals surface area contributed by atoms with Crippen molar-refractivity contribution in [2.45, 2.75) is 6.10 Å². The minimum Gasteiger partial charge on any atom is -0.496 e. The van der Waals surface area contributed by atoms with Crippen LogP contribution in [0.25, 0.3) is 0 Å². The van der Waals surface area contributed by atoms with E-state index in [-0.39, 0.29) is 12.2 Å². The minimum absolute atomic E-state index is 0.307. The van der Waals surface area contributed by atoms with Crippen molar-refractivity contribution in [2.24, 2.45) is 0 Å². The molecule has 2 aromatic carbocycles. The third-order valence-electron chi connectivity index (χ3n) is 3.37. The SMILES string of the molecule is COc1ccccc1C1CN(c2ccccc2)C(=O)O1. The standard InChI is InChI=1S/C16H15NO3/c1-19-14-10-6-5-9-13(14)15-11-17(16(18)20-15)12-7-3-2-4-8-12/h2-10,15H,11H2,1H3. The van der Waals surface area contributed by atoms with Crippen LogP contribution in [0.15, 0.2) is 54.6 Å². The van der Waals surface area contributed by atoms with Gasteiger partial charge in [0.1, 0.15) is 5.75 Å². The molecule has 0 N–H and O–H groups in total. The van der Waals surface area contributed by atoms with Crippen LogP contribution in [0.5, 0.6) is 5.75 Å². The largest absolute Gasteiger partial charge is 0.496 e. The Balaban J connectivity index is 1.87. The van der Waals surface area contributed by atoms with E-state index in [0.29, 0.717) is 6.54 Å². The zero-order valence-electron chi connectivity index (χ0n) is 11.2. The van der Waals surface area contributed by atoms with Crippen molar-refractivity contribution in [1.82, 2.24) is 0 Å². The number of hydrogen-bond acceptors (Lipinski definition) is 3. The summed E-state index contributed by atoms with van der Waals surface area (Å²) < 4.78 is 10.8. The van der Waals surface area contributed by atoms with Crippen molar-refractivity contribution in [3.8, 4) is 5.75 Å². The maximum Gasteiger partial charge on any atom is 0.415 e. The molecule has 0 spiro atoms. The number of nitrogens with zero attached hydrogens (tertiary/aromatic N) is 1. The molecule has 0 bridgehead atoms. The van der Waals surface area contributed by atoms with Crippen LogP contribution >= 0.6 is 0 Å². The Hall–Kier alpha value is -2.49. The molecule has 1 amide bonds. The Bertz CT molecular complexity index is 612. The summed E-state index contributed by atoms with van der Waals surface area (Å²) in [4.78, 5) is 13.7. The molecule has 0 aromatic heterocycles. The Labute approximate surface area is 117 Å². The summed E-state index contributed by atoms with van der Waals surface area (Å²) in [7, 11) is 1.62. The lowest BCUT2D eigenvalue weighted by Crippen LogP contribution is -2.23. The van der Waals surface area contributed by atoms with Gasteiger partial charge < -0.3 is 9.47 Å². The second-order valence-corrected chi connectivity index (χ2v) is 4.56. The van der Waals surface area contributed by atoms with Gasteiger partial charge in [0.2, 0.25) is 0 Å². The molecule has 1 atom stereocenters. The molecular formula is C16H15NO3. The molecule has 4 nitrogen and oxygen atoms in total. The highest BCUT2D eigenvalue weighted by Gasteiger charge is 2.34. The number of rotatable bonds is 3. The molecule has 0 radical (unpaired) electrons. The number of cyclic esters (lactones) is 1. The summed E-state index contributed by atoms with van der Waals surface area (Å²) in [6.45, 7) is 0.489. The van der Waals surface area contributed by atoms with E-state index in [9.17, 15) is 4.79 Å². The predicted octanol–water partition coefficient (Wildman–Crippen LogP) is 3.39. The van der Waals surface area contributed by atoms with E-state index < -0.39 is 0 Å². The number of methoxy groups -OCH3 is 1. The second-order valence-electron chi connectivity index (χ2n) is 4.56. The van der Waals surface area contributed by atoms with Gasteiger partial charge >= 0.3 is 6.09 Å². The van der Waals surface area contributed by atoms with E-state index >= 15 is 0 Å². The summed E-state index contributed by atoms with van der Waals surface area (Å²) in [5.41, 5.74) is 1.73. The lowest BCUT2D eigenvalue weighted by Gasteiger charge is -2.14. The van der Waals surface area contributed by atoms with Crippen LogP contribution in [0.3, 0.4) is 0 Å². The number of carbonyl (C=O) groups is 1. The van der Waals surface area contributed by atoms with Crippen molar-refractivity contribution in [3.63, 3.8) is 0 Å². The first-order valence-corrected chi connectivity index (χ1v) is 6.45. The van der Waals surface area contributed by atoms with E-state index in [1.165, 1.54) is 0 Å². The number of anilines is 1. The molecule has 1 heterocycles. The van der Waals surface area contributed by atoms with Gasteiger partial charge in [0.15, 0.2) is 6.10 Å². The number of amides is 1. The van der Waals surface area contributed by atoms with Gasteiger partial charge in [-0.05, 0) is 18.2 Å². The van der Waals surface area contributed by atoms with Gasteiger partial charge in [0, 0.05) is 11.3 Å². The van der Waals surface area contributed by atoms with Crippen molar-refractivity contribution in [3.05, 3.63) is 60.2 Å². The monoisotopic (exact) mass is 269 g/mol. The zero-order chi connectivity index (χ0) is 13.9. The molecule has 1 saturated heterocycles. The van der Waals surface area contributed by atoms with E-state index in [0.717, 1.165) is 17.0 Å². The number of carbonyl (C=O) groups excluding carboxylic acids is 1. The normalized spacial score (nSPS) is 17.9. The third kappa shape index (κ3) is 2.20. The number of ether oxygens (including phenoxy) is 2. The lowest BCUT2D eigenvalue weighted by atomic mass is 10.1. The molecule has 1 aliphatic heterocycles. The first-order valence-electron chi connectivity index (χ1n) is 6.45. The first kappa shape index (κ1) is 12.5. The van der Waals surface area contributed by atoms with E-state index in [1.54, 1.807) is 12.0 Å². The summed E-state index contributed by atoms with van der Waals surface area (Å²) in [5, 5.41) is 0. The van der Waals surface area contributed by atoms with Gasteiger partial charge in [-0.25, -0.2) is 4.79 Å². The molecule has 4 heteroatoms. The maximum absolute atomic E-state index is 12.0. The van der Waals surface area contributed by atoms with Crippen LogP contribution in [0, 0.1) is 0 Å². The molecule has 1 unspecified atom stereocenters. The van der Waals surface area contributed by atoms with Crippen molar-refractivity contribution < 1.29 is 14.3 Å². The topological polar surface area (TPSA) is 38.8 Å². The smallest absolute Gasteiger partial charge is 0.415 e. The predicted molar refractivity (Wildman–Crippen MR) is 76.0 cm³/mol. The van der Waals surface area contributed by atoms with Crippen LogP contribution < -0.4 is 9.64 Å². The van der Waals surface area contributed by atoms with Crippen LogP contribution in [0.4, 0.5) is 10.5 Å². The van der Waals surface area contributed by atoms with Crippen LogP contribution in [-0.2, 0) is 4.74 Å². The van der Waals surface area contributed by atoms with Crippen molar-refractivity contribution >= 4 is 11.8 Å². The van der Waals surface area contributed by atoms with E-state index in [4.69, 9.17) is 9.47 Å². The Kier molecular flexibility index (Phi) is 3.29. The van der Waals surface area contributed by atoms with Crippen LogP contribution in [-0.4, -0.2) is 19.7 Å². The van der Waals surface area contributed by atoms with Gasteiger partial charge in [0.25, 0.3) is 0 Å². The molecule has 2 aromatic rings. The zero-order valence-corrected chi connectivity index (χ0v) is 11.2.